The summed E-state index contributed by atoms with van der Waals surface area (Å²) in [5.74, 6) is -2.36. The Balaban J connectivity index is 2.03. The molecule has 1 aromatic carbocycles. The van der Waals surface area contributed by atoms with E-state index in [1.807, 2.05) is 0 Å². The van der Waals surface area contributed by atoms with Gasteiger partial charge in [0, 0.05) is 0 Å². The van der Waals surface area contributed by atoms with Crippen molar-refractivity contribution in [3.8, 4) is 5.75 Å². The lowest BCUT2D eigenvalue weighted by atomic mass is 9.97. The maximum atomic E-state index is 12.9. The van der Waals surface area contributed by atoms with Crippen molar-refractivity contribution in [3.63, 3.8) is 0 Å². The maximum Gasteiger partial charge on any atom is 0.447 e. The number of benzene rings is 1. The van der Waals surface area contributed by atoms with Crippen LogP contribution in [0.2, 0.25) is 0 Å². The Bertz CT molecular complexity index is 413. The fraction of sp³-hybridized carbons (Fsp3) is 0.500. The third-order valence-electron chi connectivity index (χ3n) is 2.77. The van der Waals surface area contributed by atoms with Gasteiger partial charge in [-0.05, 0) is 12.1 Å². The molecule has 1 saturated heterocycles. The van der Waals surface area contributed by atoms with Gasteiger partial charge < -0.3 is 14.2 Å². The van der Waals surface area contributed by atoms with Gasteiger partial charge in [0.2, 0.25) is 0 Å². The van der Waals surface area contributed by atoms with Crippen molar-refractivity contribution < 1.29 is 27.4 Å². The molecule has 19 heavy (non-hydrogen) atoms. The molecule has 0 atom stereocenters. The van der Waals surface area contributed by atoms with Gasteiger partial charge in [-0.15, -0.1) is 0 Å². The van der Waals surface area contributed by atoms with Crippen LogP contribution in [0.3, 0.4) is 0 Å². The Labute approximate surface area is 110 Å². The Morgan fingerprint density at radius 3 is 2.21 bits per heavy atom. The third kappa shape index (κ3) is 3.04. The quantitative estimate of drug-likeness (QED) is 0.785. The van der Waals surface area contributed by atoms with Gasteiger partial charge in [0.25, 0.3) is 0 Å². The average molecular weight is 272 g/mol. The van der Waals surface area contributed by atoms with Crippen LogP contribution in [0.4, 0.5) is 13.2 Å². The molecule has 0 aliphatic carbocycles. The molecule has 0 spiro atoms. The summed E-state index contributed by atoms with van der Waals surface area (Å²) in [6, 6.07) is 6.49. The Morgan fingerprint density at radius 2 is 1.74 bits per heavy atom. The van der Waals surface area contributed by atoms with Crippen molar-refractivity contribution in [3.05, 3.63) is 29.8 Å². The highest BCUT2D eigenvalue weighted by Gasteiger charge is 2.61. The van der Waals surface area contributed by atoms with Crippen molar-refractivity contribution in [1.29, 1.82) is 0 Å². The van der Waals surface area contributed by atoms with Crippen LogP contribution in [0, 0.1) is 0 Å². The first kappa shape index (κ1) is 14.2. The first-order chi connectivity index (χ1) is 8.97. The number of rotatable bonds is 4. The predicted octanol–water partition coefficient (Wildman–Crippen LogP) is 2.04. The molecule has 0 unspecified atom stereocenters. The predicted molar refractivity (Wildman–Crippen MR) is 62.1 cm³/mol. The van der Waals surface area contributed by atoms with Crippen molar-refractivity contribution in [2.75, 3.05) is 19.8 Å². The van der Waals surface area contributed by atoms with Gasteiger partial charge in [0.1, 0.15) is 5.75 Å². The fourth-order valence-electron chi connectivity index (χ4n) is 1.68. The lowest BCUT2D eigenvalue weighted by molar-refractivity contribution is -0.350. The van der Waals surface area contributed by atoms with Crippen LogP contribution >= 0.6 is 0 Å². The number of ether oxygens (including phenoxy) is 3. The lowest BCUT2D eigenvalue weighted by Gasteiger charge is -2.29. The molecule has 1 aliphatic heterocycles. The minimum absolute atomic E-state index is 0.102. The zero-order valence-electron chi connectivity index (χ0n) is 10.1. The van der Waals surface area contributed by atoms with Gasteiger partial charge in [0.05, 0.1) is 21.1 Å². The average Bonchev–Trinajstić information content (AvgIpc) is 2.86. The summed E-state index contributed by atoms with van der Waals surface area (Å²) in [5, 5.41) is 0. The van der Waals surface area contributed by atoms with Crippen LogP contribution in [0.15, 0.2) is 24.3 Å². The van der Waals surface area contributed by atoms with E-state index in [1.54, 1.807) is 24.3 Å². The molecule has 2 radical (unpaired) electrons. The van der Waals surface area contributed by atoms with E-state index in [2.05, 4.69) is 9.47 Å². The van der Waals surface area contributed by atoms with E-state index in [0.29, 0.717) is 12.1 Å². The van der Waals surface area contributed by atoms with Gasteiger partial charge in [-0.2, -0.15) is 13.2 Å². The third-order valence-corrected chi connectivity index (χ3v) is 2.77. The van der Waals surface area contributed by atoms with Gasteiger partial charge in [0.15, 0.2) is 6.61 Å². The highest BCUT2D eigenvalue weighted by Crippen LogP contribution is 2.38. The van der Waals surface area contributed by atoms with E-state index in [4.69, 9.17) is 12.6 Å². The molecule has 102 valence electrons. The minimum atomic E-state index is -4.64. The summed E-state index contributed by atoms with van der Waals surface area (Å²) in [5.41, 5.74) is 0.867. The normalized spacial score (nSPS) is 18.5. The van der Waals surface area contributed by atoms with Gasteiger partial charge in [-0.25, -0.2) is 0 Å². The summed E-state index contributed by atoms with van der Waals surface area (Å²) in [4.78, 5) is 0. The van der Waals surface area contributed by atoms with Crippen molar-refractivity contribution in [2.45, 2.75) is 18.3 Å². The second kappa shape index (κ2) is 5.42. The van der Waals surface area contributed by atoms with E-state index in [0.717, 1.165) is 5.56 Å². The molecular formula is C12H12BF3O3. The van der Waals surface area contributed by atoms with Crippen molar-refractivity contribution in [2.24, 2.45) is 0 Å². The van der Waals surface area contributed by atoms with Gasteiger partial charge in [-0.1, -0.05) is 24.0 Å². The zero-order chi connectivity index (χ0) is 13.9. The van der Waals surface area contributed by atoms with E-state index in [1.165, 1.54) is 0 Å². The molecule has 3 nitrogen and oxygen atoms in total. The lowest BCUT2D eigenvalue weighted by Crippen LogP contribution is -2.51. The minimum Gasteiger partial charge on any atom is -0.488 e. The standard InChI is InChI=1S/C12H12BF3O3/c13-7-9-1-3-10(4-2-9)17-8-11(12(14,15)16)18-5-6-19-11/h1-4H,5-8H2. The smallest absolute Gasteiger partial charge is 0.447 e. The monoisotopic (exact) mass is 272 g/mol. The van der Waals surface area contributed by atoms with Crippen LogP contribution in [-0.4, -0.2) is 39.6 Å². The molecule has 1 fully saturated rings. The molecule has 7 heteroatoms. The number of halogens is 3. The van der Waals surface area contributed by atoms with Crippen LogP contribution in [0.25, 0.3) is 0 Å². The van der Waals surface area contributed by atoms with Gasteiger partial charge in [-0.3, -0.25) is 0 Å². The van der Waals surface area contributed by atoms with Gasteiger partial charge >= 0.3 is 12.0 Å². The first-order valence-corrected chi connectivity index (χ1v) is 5.73. The summed E-state index contributed by atoms with van der Waals surface area (Å²) < 4.78 is 53.1. The van der Waals surface area contributed by atoms with E-state index >= 15 is 0 Å². The summed E-state index contributed by atoms with van der Waals surface area (Å²) in [6.45, 7) is -0.942. The van der Waals surface area contributed by atoms with E-state index in [9.17, 15) is 13.2 Å². The highest BCUT2D eigenvalue weighted by molar-refractivity contribution is 6.08. The highest BCUT2D eigenvalue weighted by atomic mass is 19.4. The Morgan fingerprint density at radius 1 is 1.16 bits per heavy atom. The van der Waals surface area contributed by atoms with Crippen LogP contribution in [0.5, 0.6) is 5.75 Å². The number of hydrogen-bond donors (Lipinski definition) is 0. The molecule has 2 rings (SSSR count). The molecule has 0 bridgehead atoms. The summed E-state index contributed by atoms with van der Waals surface area (Å²) in [7, 11) is 5.42. The molecule has 1 heterocycles. The fourth-order valence-corrected chi connectivity index (χ4v) is 1.68. The van der Waals surface area contributed by atoms with Crippen molar-refractivity contribution in [1.82, 2.24) is 0 Å². The molecule has 1 aromatic rings. The molecule has 0 saturated carbocycles. The van der Waals surface area contributed by atoms with Crippen LogP contribution in [0.1, 0.15) is 5.56 Å². The first-order valence-electron chi connectivity index (χ1n) is 5.73. The largest absolute Gasteiger partial charge is 0.488 e. The van der Waals surface area contributed by atoms with E-state index in [-0.39, 0.29) is 13.2 Å². The number of hydrogen-bond acceptors (Lipinski definition) is 3. The maximum absolute atomic E-state index is 12.9. The summed E-state index contributed by atoms with van der Waals surface area (Å²) >= 11 is 0. The second-order valence-corrected chi connectivity index (χ2v) is 4.08. The number of alkyl halides is 3. The molecular weight excluding hydrogens is 260 g/mol. The van der Waals surface area contributed by atoms with Crippen LogP contribution in [-0.2, 0) is 15.8 Å². The summed E-state index contributed by atoms with van der Waals surface area (Å²) in [6.07, 6.45) is -4.28. The molecule has 0 aromatic heterocycles. The molecule has 0 amide bonds. The SMILES string of the molecule is [B]Cc1ccc(OCC2(C(F)(F)F)OCCO2)cc1. The zero-order valence-corrected chi connectivity index (χ0v) is 10.1. The van der Waals surface area contributed by atoms with Crippen LogP contribution < -0.4 is 4.74 Å². The van der Waals surface area contributed by atoms with Crippen molar-refractivity contribution >= 4 is 7.85 Å². The Kier molecular flexibility index (Phi) is 4.06. The topological polar surface area (TPSA) is 27.7 Å². The molecule has 0 N–H and O–H groups in total. The second-order valence-electron chi connectivity index (χ2n) is 4.08. The molecule has 1 aliphatic rings. The van der Waals surface area contributed by atoms with E-state index < -0.39 is 18.6 Å². The Hall–Kier alpha value is -1.21.